The second-order valence-corrected chi connectivity index (χ2v) is 8.74. The number of carbonyl (C=O) groups excluding carboxylic acids is 2. The van der Waals surface area contributed by atoms with Gasteiger partial charge in [0, 0.05) is 19.6 Å². The molecule has 1 atom stereocenters. The summed E-state index contributed by atoms with van der Waals surface area (Å²) in [5.74, 6) is -0.831. The van der Waals surface area contributed by atoms with Gasteiger partial charge in [0.25, 0.3) is 5.91 Å². The van der Waals surface area contributed by atoms with Crippen molar-refractivity contribution in [2.75, 3.05) is 26.2 Å². The minimum absolute atomic E-state index is 0.0814. The molecule has 1 aromatic rings. The van der Waals surface area contributed by atoms with Crippen molar-refractivity contribution in [3.05, 3.63) is 35.6 Å². The third-order valence-electron chi connectivity index (χ3n) is 5.13. The molecule has 1 aromatic carbocycles. The summed E-state index contributed by atoms with van der Waals surface area (Å²) < 4.78 is 25.7. The predicted molar refractivity (Wildman–Crippen MR) is 103 cm³/mol. The number of hydrogen-bond acceptors (Lipinski definition) is 4. The van der Waals surface area contributed by atoms with Crippen molar-refractivity contribution in [1.82, 2.24) is 9.80 Å². The number of hydrogen-bond donors (Lipinski definition) is 0. The number of morpholine rings is 1. The normalized spacial score (nSPS) is 22.2. The fraction of sp³-hybridized carbons (Fsp3) is 0.619. The summed E-state index contributed by atoms with van der Waals surface area (Å²) in [4.78, 5) is 28.5. The van der Waals surface area contributed by atoms with Crippen molar-refractivity contribution >= 4 is 12.0 Å². The summed E-state index contributed by atoms with van der Waals surface area (Å²) in [5, 5.41) is 0. The lowest BCUT2D eigenvalue weighted by Crippen LogP contribution is -2.60. The van der Waals surface area contributed by atoms with Crippen LogP contribution < -0.4 is 0 Å². The number of rotatable bonds is 1. The predicted octanol–water partition coefficient (Wildman–Crippen LogP) is 3.46. The highest BCUT2D eigenvalue weighted by atomic mass is 19.1. The lowest BCUT2D eigenvalue weighted by Gasteiger charge is -2.49. The van der Waals surface area contributed by atoms with Crippen molar-refractivity contribution in [2.45, 2.75) is 57.8 Å². The zero-order valence-electron chi connectivity index (χ0n) is 17.0. The van der Waals surface area contributed by atoms with Gasteiger partial charge in [-0.3, -0.25) is 4.79 Å². The minimum atomic E-state index is -0.537. The lowest BCUT2D eigenvalue weighted by molar-refractivity contribution is -0.160. The van der Waals surface area contributed by atoms with Gasteiger partial charge in [0.05, 0.1) is 23.8 Å². The maximum absolute atomic E-state index is 14.1. The zero-order chi connectivity index (χ0) is 20.5. The van der Waals surface area contributed by atoms with Gasteiger partial charge in [-0.2, -0.15) is 0 Å². The fourth-order valence-corrected chi connectivity index (χ4v) is 3.88. The highest BCUT2D eigenvalue weighted by molar-refractivity contribution is 5.94. The smallest absolute Gasteiger partial charge is 0.410 e. The molecule has 7 heteroatoms. The number of amides is 2. The number of halogens is 1. The van der Waals surface area contributed by atoms with Crippen molar-refractivity contribution in [2.24, 2.45) is 0 Å². The monoisotopic (exact) mass is 392 g/mol. The van der Waals surface area contributed by atoms with Crippen LogP contribution >= 0.6 is 0 Å². The molecule has 0 unspecified atom stereocenters. The third-order valence-corrected chi connectivity index (χ3v) is 5.13. The van der Waals surface area contributed by atoms with E-state index in [-0.39, 0.29) is 23.7 Å². The summed E-state index contributed by atoms with van der Waals surface area (Å²) in [5.41, 5.74) is -0.972. The Morgan fingerprint density at radius 3 is 2.43 bits per heavy atom. The molecule has 3 rings (SSSR count). The average molecular weight is 392 g/mol. The molecule has 0 aromatic heterocycles. The second kappa shape index (κ2) is 7.70. The van der Waals surface area contributed by atoms with Crippen LogP contribution in [0.5, 0.6) is 0 Å². The van der Waals surface area contributed by atoms with E-state index in [1.807, 2.05) is 27.7 Å². The van der Waals surface area contributed by atoms with Crippen molar-refractivity contribution < 1.29 is 23.5 Å². The Bertz CT molecular complexity index is 738. The Kier molecular flexibility index (Phi) is 5.66. The molecule has 2 fully saturated rings. The molecule has 2 saturated heterocycles. The molecule has 2 aliphatic heterocycles. The van der Waals surface area contributed by atoms with Crippen LogP contribution in [-0.4, -0.2) is 65.3 Å². The van der Waals surface area contributed by atoms with Crippen LogP contribution in [0, 0.1) is 5.82 Å². The number of nitrogens with zero attached hydrogens (tertiary/aromatic N) is 2. The SMILES string of the molecule is C[C@@H]1CN(C(=O)c2ccccc2F)CC2(CCN(C(=O)OC(C)(C)C)CC2)O1. The average Bonchev–Trinajstić information content (AvgIpc) is 2.60. The molecule has 28 heavy (non-hydrogen) atoms. The van der Waals surface area contributed by atoms with E-state index in [0.717, 1.165) is 0 Å². The third kappa shape index (κ3) is 4.63. The van der Waals surface area contributed by atoms with Crippen LogP contribution in [0.25, 0.3) is 0 Å². The first-order valence-corrected chi connectivity index (χ1v) is 9.78. The van der Waals surface area contributed by atoms with Crippen LogP contribution in [0.4, 0.5) is 9.18 Å². The first-order chi connectivity index (χ1) is 13.1. The number of benzene rings is 1. The molecular formula is C21H29FN2O4. The molecule has 154 valence electrons. The highest BCUT2D eigenvalue weighted by Crippen LogP contribution is 2.33. The van der Waals surface area contributed by atoms with Crippen LogP contribution in [0.2, 0.25) is 0 Å². The number of ether oxygens (including phenoxy) is 2. The maximum Gasteiger partial charge on any atom is 0.410 e. The summed E-state index contributed by atoms with van der Waals surface area (Å²) >= 11 is 0. The van der Waals surface area contributed by atoms with Gasteiger partial charge in [-0.1, -0.05) is 12.1 Å². The van der Waals surface area contributed by atoms with Gasteiger partial charge in [-0.25, -0.2) is 9.18 Å². The van der Waals surface area contributed by atoms with Crippen LogP contribution in [-0.2, 0) is 9.47 Å². The number of likely N-dealkylation sites (tertiary alicyclic amines) is 1. The van der Waals surface area contributed by atoms with Crippen molar-refractivity contribution in [3.63, 3.8) is 0 Å². The molecule has 0 N–H and O–H groups in total. The quantitative estimate of drug-likeness (QED) is 0.734. The van der Waals surface area contributed by atoms with Crippen LogP contribution in [0.1, 0.15) is 50.9 Å². The second-order valence-electron chi connectivity index (χ2n) is 8.74. The Hall–Kier alpha value is -2.15. The minimum Gasteiger partial charge on any atom is -0.444 e. The summed E-state index contributed by atoms with van der Waals surface area (Å²) in [6, 6.07) is 6.04. The first kappa shape index (κ1) is 20.6. The van der Waals surface area contributed by atoms with Gasteiger partial charge >= 0.3 is 6.09 Å². The summed E-state index contributed by atoms with van der Waals surface area (Å²) in [7, 11) is 0. The molecular weight excluding hydrogens is 363 g/mol. The standard InChI is InChI=1S/C21H29FN2O4/c1-15-13-24(18(25)16-7-5-6-8-17(16)22)14-21(27-15)9-11-23(12-10-21)19(26)28-20(2,3)4/h5-8,15H,9-14H2,1-4H3/t15-/m1/s1. The van der Waals surface area contributed by atoms with E-state index in [1.54, 1.807) is 21.9 Å². The maximum atomic E-state index is 14.1. The van der Waals surface area contributed by atoms with Gasteiger partial charge in [0.15, 0.2) is 0 Å². The Morgan fingerprint density at radius 1 is 1.18 bits per heavy atom. The topological polar surface area (TPSA) is 59.1 Å². The Labute approximate surface area is 165 Å². The molecule has 6 nitrogen and oxygen atoms in total. The van der Waals surface area contributed by atoms with E-state index < -0.39 is 17.0 Å². The van der Waals surface area contributed by atoms with Gasteiger partial charge in [0.1, 0.15) is 11.4 Å². The summed E-state index contributed by atoms with van der Waals surface area (Å²) in [6.07, 6.45) is 0.734. The zero-order valence-corrected chi connectivity index (χ0v) is 17.0. The van der Waals surface area contributed by atoms with E-state index in [0.29, 0.717) is 39.0 Å². The molecule has 0 radical (unpaired) electrons. The van der Waals surface area contributed by atoms with Crippen LogP contribution in [0.15, 0.2) is 24.3 Å². The van der Waals surface area contributed by atoms with Gasteiger partial charge in [-0.05, 0) is 52.7 Å². The molecule has 0 saturated carbocycles. The number of piperidine rings is 1. The van der Waals surface area contributed by atoms with E-state index in [4.69, 9.17) is 9.47 Å². The van der Waals surface area contributed by atoms with E-state index in [1.165, 1.54) is 12.1 Å². The molecule has 2 heterocycles. The van der Waals surface area contributed by atoms with Gasteiger partial charge < -0.3 is 19.3 Å². The number of carbonyl (C=O) groups is 2. The van der Waals surface area contributed by atoms with E-state index >= 15 is 0 Å². The molecule has 1 spiro atoms. The van der Waals surface area contributed by atoms with Gasteiger partial charge in [0.2, 0.25) is 0 Å². The molecule has 2 amide bonds. The largest absolute Gasteiger partial charge is 0.444 e. The lowest BCUT2D eigenvalue weighted by atomic mass is 9.88. The van der Waals surface area contributed by atoms with Crippen molar-refractivity contribution in [3.8, 4) is 0 Å². The van der Waals surface area contributed by atoms with Crippen LogP contribution in [0.3, 0.4) is 0 Å². The molecule has 0 bridgehead atoms. The first-order valence-electron chi connectivity index (χ1n) is 9.78. The van der Waals surface area contributed by atoms with E-state index in [9.17, 15) is 14.0 Å². The highest BCUT2D eigenvalue weighted by Gasteiger charge is 2.44. The van der Waals surface area contributed by atoms with E-state index in [2.05, 4.69) is 0 Å². The van der Waals surface area contributed by atoms with Gasteiger partial charge in [-0.15, -0.1) is 0 Å². The summed E-state index contributed by atoms with van der Waals surface area (Å²) in [6.45, 7) is 9.27. The fourth-order valence-electron chi connectivity index (χ4n) is 3.88. The van der Waals surface area contributed by atoms with Crippen molar-refractivity contribution in [1.29, 1.82) is 0 Å². The Morgan fingerprint density at radius 2 is 1.82 bits per heavy atom. The molecule has 0 aliphatic carbocycles. The molecule has 2 aliphatic rings. The Balaban J connectivity index is 1.67.